The first kappa shape index (κ1) is 30.8. The standard InChI is InChI=1S/C29H40N4O4S2/c1-3-33(21-22-9-4-6-11-28(22)37-2)17-8-14-30-24-19-27(35)25(20-26(24)34)31-15-16-32-29(36)12-7-5-10-23-13-18-38-39-23/h4,6,9,11,15-16,19-20,23,30,34-35H,3,5,7-8,10,12-14,17-18,21H2,1-2H3. The summed E-state index contributed by atoms with van der Waals surface area (Å²) in [7, 11) is 5.59. The maximum Gasteiger partial charge on any atom is 0.245 e. The molecular weight excluding hydrogens is 532 g/mol. The number of unbranched alkanes of at least 4 members (excludes halogenated alkanes) is 1. The lowest BCUT2D eigenvalue weighted by Crippen LogP contribution is -2.25. The van der Waals surface area contributed by atoms with Crippen LogP contribution in [0.1, 0.15) is 51.0 Å². The number of nitrogens with zero attached hydrogens (tertiary/aromatic N) is 3. The van der Waals surface area contributed by atoms with Crippen LogP contribution in [0.3, 0.4) is 0 Å². The number of anilines is 1. The Balaban J connectivity index is 1.39. The van der Waals surface area contributed by atoms with Crippen molar-refractivity contribution >= 4 is 51.3 Å². The van der Waals surface area contributed by atoms with Crippen molar-refractivity contribution in [3.05, 3.63) is 42.0 Å². The van der Waals surface area contributed by atoms with Crippen molar-refractivity contribution in [2.75, 3.05) is 37.8 Å². The number of phenols is 2. The van der Waals surface area contributed by atoms with Gasteiger partial charge in [0.1, 0.15) is 22.9 Å². The number of methoxy groups -OCH3 is 1. The van der Waals surface area contributed by atoms with E-state index in [9.17, 15) is 15.0 Å². The second-order valence-electron chi connectivity index (χ2n) is 9.34. The van der Waals surface area contributed by atoms with Gasteiger partial charge in [-0.05, 0) is 38.3 Å². The Morgan fingerprint density at radius 2 is 2.03 bits per heavy atom. The molecule has 1 aliphatic heterocycles. The second kappa shape index (κ2) is 17.1. The highest BCUT2D eigenvalue weighted by Gasteiger charge is 2.15. The Hall–Kier alpha value is -2.69. The molecule has 212 valence electrons. The third kappa shape index (κ3) is 10.8. The number of phenolic OH excluding ortho intramolecular Hbond substituents is 2. The number of amides is 1. The van der Waals surface area contributed by atoms with Crippen molar-refractivity contribution in [2.45, 2.75) is 57.2 Å². The molecule has 10 heteroatoms. The van der Waals surface area contributed by atoms with Gasteiger partial charge in [0.2, 0.25) is 5.91 Å². The summed E-state index contributed by atoms with van der Waals surface area (Å²) in [5, 5.41) is 24.7. The summed E-state index contributed by atoms with van der Waals surface area (Å²) in [6.45, 7) is 5.33. The molecule has 2 aromatic rings. The van der Waals surface area contributed by atoms with Gasteiger partial charge in [0.15, 0.2) is 0 Å². The number of carbonyl (C=O) groups is 1. The summed E-state index contributed by atoms with van der Waals surface area (Å²) in [4.78, 5) is 22.3. The molecule has 0 aliphatic carbocycles. The predicted molar refractivity (Wildman–Crippen MR) is 165 cm³/mol. The van der Waals surface area contributed by atoms with Crippen molar-refractivity contribution in [3.8, 4) is 17.2 Å². The number of para-hydroxylation sites is 1. The number of ether oxygens (including phenoxy) is 1. The molecule has 39 heavy (non-hydrogen) atoms. The van der Waals surface area contributed by atoms with Crippen LogP contribution in [0.5, 0.6) is 17.2 Å². The van der Waals surface area contributed by atoms with E-state index in [-0.39, 0.29) is 23.1 Å². The van der Waals surface area contributed by atoms with Gasteiger partial charge in [-0.2, -0.15) is 0 Å². The minimum absolute atomic E-state index is 0.00633. The fourth-order valence-electron chi connectivity index (χ4n) is 4.27. The van der Waals surface area contributed by atoms with Crippen LogP contribution in [0.25, 0.3) is 0 Å². The van der Waals surface area contributed by atoms with Crippen LogP contribution in [0, 0.1) is 0 Å². The Kier molecular flexibility index (Phi) is 13.5. The molecule has 1 amide bonds. The topological polar surface area (TPSA) is 107 Å². The molecule has 1 saturated heterocycles. The third-order valence-corrected chi connectivity index (χ3v) is 9.49. The van der Waals surface area contributed by atoms with Crippen LogP contribution in [0.2, 0.25) is 0 Å². The summed E-state index contributed by atoms with van der Waals surface area (Å²) < 4.78 is 5.46. The molecule has 8 nitrogen and oxygen atoms in total. The van der Waals surface area contributed by atoms with Crippen molar-refractivity contribution in [1.29, 1.82) is 0 Å². The van der Waals surface area contributed by atoms with E-state index in [1.54, 1.807) is 7.11 Å². The van der Waals surface area contributed by atoms with Gasteiger partial charge in [0.05, 0.1) is 12.8 Å². The summed E-state index contributed by atoms with van der Waals surface area (Å²) in [5.74, 6) is 1.87. The molecule has 0 aromatic heterocycles. The quantitative estimate of drug-likeness (QED) is 0.0693. The minimum atomic E-state index is -0.175. The second-order valence-corrected chi connectivity index (χ2v) is 12.1. The minimum Gasteiger partial charge on any atom is -0.506 e. The average Bonchev–Trinajstić information content (AvgIpc) is 3.46. The third-order valence-electron chi connectivity index (χ3n) is 6.49. The van der Waals surface area contributed by atoms with Crippen LogP contribution < -0.4 is 10.1 Å². The van der Waals surface area contributed by atoms with Gasteiger partial charge in [-0.15, -0.1) is 0 Å². The smallest absolute Gasteiger partial charge is 0.245 e. The van der Waals surface area contributed by atoms with Gasteiger partial charge in [0, 0.05) is 67.2 Å². The summed E-state index contributed by atoms with van der Waals surface area (Å²) in [6, 6.07) is 10.9. The molecule has 0 bridgehead atoms. The molecule has 0 spiro atoms. The van der Waals surface area contributed by atoms with Gasteiger partial charge in [-0.3, -0.25) is 14.7 Å². The molecule has 1 fully saturated rings. The lowest BCUT2D eigenvalue weighted by Gasteiger charge is -2.22. The molecule has 3 N–H and O–H groups in total. The largest absolute Gasteiger partial charge is 0.506 e. The molecule has 3 rings (SSSR count). The maximum absolute atomic E-state index is 11.9. The van der Waals surface area contributed by atoms with E-state index >= 15 is 0 Å². The lowest BCUT2D eigenvalue weighted by atomic mass is 10.1. The van der Waals surface area contributed by atoms with Crippen molar-refractivity contribution in [1.82, 2.24) is 4.90 Å². The number of nitrogens with one attached hydrogen (secondary N) is 1. The predicted octanol–water partition coefficient (Wildman–Crippen LogP) is 6.44. The lowest BCUT2D eigenvalue weighted by molar-refractivity contribution is -0.117. The highest BCUT2D eigenvalue weighted by molar-refractivity contribution is 8.77. The Morgan fingerprint density at radius 3 is 2.79 bits per heavy atom. The highest BCUT2D eigenvalue weighted by atomic mass is 33.1. The van der Waals surface area contributed by atoms with Gasteiger partial charge < -0.3 is 20.3 Å². The Labute approximate surface area is 239 Å². The molecule has 2 aromatic carbocycles. The van der Waals surface area contributed by atoms with Gasteiger partial charge in [0.25, 0.3) is 0 Å². The summed E-state index contributed by atoms with van der Waals surface area (Å²) in [5.41, 5.74) is 1.80. The first-order chi connectivity index (χ1) is 19.0. The van der Waals surface area contributed by atoms with Crippen molar-refractivity contribution in [2.24, 2.45) is 9.98 Å². The Morgan fingerprint density at radius 1 is 1.18 bits per heavy atom. The van der Waals surface area contributed by atoms with E-state index in [1.807, 2.05) is 39.8 Å². The van der Waals surface area contributed by atoms with E-state index in [4.69, 9.17) is 4.74 Å². The van der Waals surface area contributed by atoms with E-state index in [2.05, 4.69) is 33.2 Å². The molecule has 1 aliphatic rings. The van der Waals surface area contributed by atoms with E-state index in [0.29, 0.717) is 18.7 Å². The van der Waals surface area contributed by atoms with Gasteiger partial charge >= 0.3 is 0 Å². The molecule has 1 heterocycles. The van der Waals surface area contributed by atoms with Crippen LogP contribution in [-0.2, 0) is 11.3 Å². The number of carbonyl (C=O) groups excluding carboxylic acids is 1. The zero-order valence-electron chi connectivity index (χ0n) is 22.8. The normalized spacial score (nSPS) is 15.5. The fraction of sp³-hybridized carbons (Fsp3) is 0.483. The van der Waals surface area contributed by atoms with Crippen molar-refractivity contribution in [3.63, 3.8) is 0 Å². The number of hydrogen-bond acceptors (Lipinski definition) is 9. The number of rotatable bonds is 16. The SMILES string of the molecule is CCN(CCCNc1cc(O)c(N=CC=NC(=O)CCCCC2CCSS2)cc1O)Cc1ccccc1OC. The zero-order valence-corrected chi connectivity index (χ0v) is 24.5. The average molecular weight is 573 g/mol. The molecule has 1 unspecified atom stereocenters. The van der Waals surface area contributed by atoms with Gasteiger partial charge in [-0.25, -0.2) is 4.99 Å². The van der Waals surface area contributed by atoms with Crippen LogP contribution in [0.4, 0.5) is 11.4 Å². The van der Waals surface area contributed by atoms with Gasteiger partial charge in [-0.1, -0.05) is 53.1 Å². The molecule has 1 atom stereocenters. The fourth-order valence-corrected chi connectivity index (χ4v) is 7.29. The van der Waals surface area contributed by atoms with Crippen LogP contribution in [0.15, 0.2) is 46.4 Å². The number of benzene rings is 2. The number of aliphatic imine (C=N–C) groups is 2. The van der Waals surface area contributed by atoms with Crippen molar-refractivity contribution < 1.29 is 19.7 Å². The van der Waals surface area contributed by atoms with E-state index < -0.39 is 0 Å². The summed E-state index contributed by atoms with van der Waals surface area (Å²) in [6.07, 6.45) is 8.28. The van der Waals surface area contributed by atoms with Crippen LogP contribution >= 0.6 is 21.6 Å². The Bertz CT molecular complexity index is 1110. The highest BCUT2D eigenvalue weighted by Crippen LogP contribution is 2.40. The molecule has 0 saturated carbocycles. The zero-order chi connectivity index (χ0) is 27.9. The van der Waals surface area contributed by atoms with E-state index in [0.717, 1.165) is 61.9 Å². The summed E-state index contributed by atoms with van der Waals surface area (Å²) >= 11 is 0. The monoisotopic (exact) mass is 572 g/mol. The van der Waals surface area contributed by atoms with Crippen LogP contribution in [-0.4, -0.2) is 71.2 Å². The maximum atomic E-state index is 11.9. The number of hydrogen-bond donors (Lipinski definition) is 3. The first-order valence-corrected chi connectivity index (χ1v) is 15.9. The number of aromatic hydroxyl groups is 2. The van der Waals surface area contributed by atoms with E-state index in [1.165, 1.54) is 36.7 Å². The first-order valence-electron chi connectivity index (χ1n) is 13.5. The molecule has 0 radical (unpaired) electrons. The molecular formula is C29H40N4O4S2.